The highest BCUT2D eigenvalue weighted by Gasteiger charge is 2.24. The zero-order chi connectivity index (χ0) is 22.9. The topological polar surface area (TPSA) is 109 Å². The van der Waals surface area contributed by atoms with Crippen molar-refractivity contribution in [1.82, 2.24) is 30.0 Å². The first-order valence-corrected chi connectivity index (χ1v) is 10.6. The summed E-state index contributed by atoms with van der Waals surface area (Å²) in [6.45, 7) is 7.95. The molecule has 33 heavy (non-hydrogen) atoms. The third kappa shape index (κ3) is 3.69. The molecule has 0 aliphatic carbocycles. The number of aryl methyl sites for hydroxylation is 1. The molecule has 0 saturated carbocycles. The number of hydrogen-bond acceptors (Lipinski definition) is 8. The minimum Gasteiger partial charge on any atom is -0.467 e. The third-order valence-electron chi connectivity index (χ3n) is 5.76. The van der Waals surface area contributed by atoms with Crippen molar-refractivity contribution in [3.8, 4) is 17.6 Å². The maximum Gasteiger partial charge on any atom is 0.318 e. The maximum atomic E-state index is 12.0. The van der Waals surface area contributed by atoms with Crippen molar-refractivity contribution in [3.05, 3.63) is 48.8 Å². The fraction of sp³-hybridized carbons (Fsp3) is 0.261. The Morgan fingerprint density at radius 1 is 1.15 bits per heavy atom. The van der Waals surface area contributed by atoms with Crippen molar-refractivity contribution < 1.29 is 14.3 Å². The van der Waals surface area contributed by atoms with Crippen molar-refractivity contribution in [2.45, 2.75) is 6.92 Å². The molecule has 1 aliphatic rings. The molecule has 3 aromatic heterocycles. The lowest BCUT2D eigenvalue weighted by Gasteiger charge is -2.35. The van der Waals surface area contributed by atoms with E-state index in [2.05, 4.69) is 36.6 Å². The van der Waals surface area contributed by atoms with Gasteiger partial charge in [0.1, 0.15) is 17.1 Å². The fourth-order valence-corrected chi connectivity index (χ4v) is 4.00. The molecule has 1 saturated heterocycles. The Morgan fingerprint density at radius 2 is 1.97 bits per heavy atom. The van der Waals surface area contributed by atoms with E-state index >= 15 is 0 Å². The molecule has 10 heteroatoms. The van der Waals surface area contributed by atoms with Crippen molar-refractivity contribution in [2.75, 3.05) is 38.2 Å². The highest BCUT2D eigenvalue weighted by atomic mass is 16.5. The van der Waals surface area contributed by atoms with Gasteiger partial charge in [0.15, 0.2) is 0 Å². The van der Waals surface area contributed by atoms with Crippen LogP contribution < -0.4 is 14.4 Å². The van der Waals surface area contributed by atoms with Crippen LogP contribution in [0, 0.1) is 6.92 Å². The monoisotopic (exact) mass is 445 g/mol. The van der Waals surface area contributed by atoms with Gasteiger partial charge in [-0.1, -0.05) is 12.6 Å². The number of nitrogens with one attached hydrogen (secondary N) is 1. The molecule has 1 N–H and O–H groups in total. The minimum atomic E-state index is -0.0662. The van der Waals surface area contributed by atoms with Gasteiger partial charge in [-0.15, -0.1) is 0 Å². The molecule has 1 aliphatic heterocycles. The molecule has 168 valence electrons. The van der Waals surface area contributed by atoms with Crippen LogP contribution in [0.5, 0.6) is 17.6 Å². The number of hydrogen-bond donors (Lipinski definition) is 1. The molecule has 1 fully saturated rings. The Balaban J connectivity index is 1.56. The van der Waals surface area contributed by atoms with E-state index in [4.69, 9.17) is 9.47 Å². The van der Waals surface area contributed by atoms with E-state index in [1.54, 1.807) is 17.3 Å². The number of H-pyrrole nitrogens is 1. The summed E-state index contributed by atoms with van der Waals surface area (Å²) in [7, 11) is 1.53. The Labute approximate surface area is 189 Å². The van der Waals surface area contributed by atoms with Crippen LogP contribution in [0.1, 0.15) is 5.56 Å². The number of piperazine rings is 1. The number of aromatic amines is 1. The molecule has 0 bridgehead atoms. The maximum absolute atomic E-state index is 12.0. The summed E-state index contributed by atoms with van der Waals surface area (Å²) < 4.78 is 11.7. The summed E-state index contributed by atoms with van der Waals surface area (Å²) >= 11 is 0. The van der Waals surface area contributed by atoms with Gasteiger partial charge in [0.05, 0.1) is 29.6 Å². The van der Waals surface area contributed by atoms with Gasteiger partial charge in [-0.25, -0.2) is 4.98 Å². The first-order chi connectivity index (χ1) is 16.1. The van der Waals surface area contributed by atoms with Gasteiger partial charge in [0.25, 0.3) is 0 Å². The molecule has 0 atom stereocenters. The summed E-state index contributed by atoms with van der Waals surface area (Å²) in [5.74, 6) is 1.67. The Kier molecular flexibility index (Phi) is 5.25. The highest BCUT2D eigenvalue weighted by Crippen LogP contribution is 2.36. The number of carbonyl (C=O) groups excluding carboxylic acids is 1. The molecule has 0 unspecified atom stereocenters. The summed E-state index contributed by atoms with van der Waals surface area (Å²) in [6.07, 6.45) is 4.75. The standard InChI is InChI=1S/C23H23N7O3/c1-4-18(31)29-9-11-30(12-10-29)21-15-7-8-24-22(19(15)26-23(27-21)32-3)33-20-14(2)5-6-17-16(20)13-25-28-17/h4-8,13H,1,9-12H2,2-3H3,(H,25,28). The number of aromatic nitrogens is 5. The van der Waals surface area contributed by atoms with Crippen molar-refractivity contribution in [1.29, 1.82) is 0 Å². The van der Waals surface area contributed by atoms with Crippen LogP contribution >= 0.6 is 0 Å². The molecular weight excluding hydrogens is 422 g/mol. The highest BCUT2D eigenvalue weighted by molar-refractivity contribution is 5.94. The second kappa shape index (κ2) is 8.38. The number of benzene rings is 1. The van der Waals surface area contributed by atoms with Gasteiger partial charge >= 0.3 is 6.01 Å². The lowest BCUT2D eigenvalue weighted by molar-refractivity contribution is -0.126. The lowest BCUT2D eigenvalue weighted by Crippen LogP contribution is -2.48. The van der Waals surface area contributed by atoms with E-state index in [-0.39, 0.29) is 11.9 Å². The zero-order valence-electron chi connectivity index (χ0n) is 18.4. The second-order valence-corrected chi connectivity index (χ2v) is 7.71. The predicted octanol–water partition coefficient (Wildman–Crippen LogP) is 2.85. The minimum absolute atomic E-state index is 0.0662. The van der Waals surface area contributed by atoms with Gasteiger partial charge in [-0.2, -0.15) is 15.1 Å². The molecule has 0 spiro atoms. The molecule has 1 aromatic carbocycles. The predicted molar refractivity (Wildman–Crippen MR) is 124 cm³/mol. The number of anilines is 1. The molecule has 4 aromatic rings. The fourth-order valence-electron chi connectivity index (χ4n) is 4.00. The lowest BCUT2D eigenvalue weighted by atomic mass is 10.1. The Hall–Kier alpha value is -4.21. The summed E-state index contributed by atoms with van der Waals surface area (Å²) in [5, 5.41) is 8.73. The number of amides is 1. The number of nitrogens with zero attached hydrogens (tertiary/aromatic N) is 6. The van der Waals surface area contributed by atoms with Crippen LogP contribution in [-0.4, -0.2) is 69.2 Å². The van der Waals surface area contributed by atoms with Crippen LogP contribution in [0.4, 0.5) is 5.82 Å². The quantitative estimate of drug-likeness (QED) is 0.467. The van der Waals surface area contributed by atoms with Gasteiger partial charge < -0.3 is 19.3 Å². The van der Waals surface area contributed by atoms with Crippen molar-refractivity contribution in [2.24, 2.45) is 0 Å². The molecule has 1 amide bonds. The van der Waals surface area contributed by atoms with Crippen molar-refractivity contribution >= 4 is 33.5 Å². The molecular formula is C23H23N7O3. The van der Waals surface area contributed by atoms with E-state index in [1.807, 2.05) is 25.1 Å². The number of carbonyl (C=O) groups is 1. The zero-order valence-corrected chi connectivity index (χ0v) is 18.4. The molecule has 4 heterocycles. The van der Waals surface area contributed by atoms with E-state index < -0.39 is 0 Å². The van der Waals surface area contributed by atoms with E-state index in [1.165, 1.54) is 13.2 Å². The number of ether oxygens (including phenoxy) is 2. The number of fused-ring (bicyclic) bond motifs is 2. The van der Waals surface area contributed by atoms with Gasteiger partial charge in [-0.05, 0) is 30.7 Å². The normalized spacial score (nSPS) is 14.0. The number of pyridine rings is 1. The van der Waals surface area contributed by atoms with Crippen LogP contribution in [0.25, 0.3) is 21.8 Å². The summed E-state index contributed by atoms with van der Waals surface area (Å²) in [6, 6.07) is 6.01. The number of rotatable bonds is 5. The third-order valence-corrected chi connectivity index (χ3v) is 5.76. The SMILES string of the molecule is C=CC(=O)N1CCN(c2nc(OC)nc3c(Oc4c(C)ccc5[nH]ncc45)nccc23)CC1. The van der Waals surface area contributed by atoms with Gasteiger partial charge in [0.2, 0.25) is 11.8 Å². The van der Waals surface area contributed by atoms with E-state index in [9.17, 15) is 4.79 Å². The van der Waals surface area contributed by atoms with Gasteiger partial charge in [-0.3, -0.25) is 9.89 Å². The second-order valence-electron chi connectivity index (χ2n) is 7.71. The summed E-state index contributed by atoms with van der Waals surface area (Å²) in [4.78, 5) is 29.5. The average molecular weight is 445 g/mol. The largest absolute Gasteiger partial charge is 0.467 e. The van der Waals surface area contributed by atoms with Crippen molar-refractivity contribution in [3.63, 3.8) is 0 Å². The van der Waals surface area contributed by atoms with Crippen LogP contribution in [0.15, 0.2) is 43.2 Å². The van der Waals surface area contributed by atoms with Crippen LogP contribution in [0.2, 0.25) is 0 Å². The average Bonchev–Trinajstić information content (AvgIpc) is 3.34. The van der Waals surface area contributed by atoms with Crippen LogP contribution in [0.3, 0.4) is 0 Å². The molecule has 0 radical (unpaired) electrons. The van der Waals surface area contributed by atoms with E-state index in [0.717, 1.165) is 21.9 Å². The van der Waals surface area contributed by atoms with Gasteiger partial charge in [0, 0.05) is 32.4 Å². The van der Waals surface area contributed by atoms with E-state index in [0.29, 0.717) is 49.1 Å². The Morgan fingerprint density at radius 3 is 2.73 bits per heavy atom. The van der Waals surface area contributed by atoms with Crippen LogP contribution in [-0.2, 0) is 4.79 Å². The molecule has 5 rings (SSSR count). The molecule has 10 nitrogen and oxygen atoms in total. The first-order valence-electron chi connectivity index (χ1n) is 10.6. The number of methoxy groups -OCH3 is 1. The Bertz CT molecular complexity index is 1360. The first kappa shape index (κ1) is 20.7. The smallest absolute Gasteiger partial charge is 0.318 e. The summed E-state index contributed by atoms with van der Waals surface area (Å²) in [5.41, 5.74) is 2.37.